The van der Waals surface area contributed by atoms with Gasteiger partial charge in [0.1, 0.15) is 11.6 Å². The molecule has 0 atom stereocenters. The van der Waals surface area contributed by atoms with Crippen LogP contribution in [-0.4, -0.2) is 19.0 Å². The van der Waals surface area contributed by atoms with Crippen LogP contribution in [0.4, 0.5) is 14.5 Å². The van der Waals surface area contributed by atoms with E-state index in [1.54, 1.807) is 23.1 Å². The average molecular weight is 356 g/mol. The van der Waals surface area contributed by atoms with Gasteiger partial charge in [-0.3, -0.25) is 4.99 Å². The summed E-state index contributed by atoms with van der Waals surface area (Å²) in [4.78, 5) is 5.92. The fourth-order valence-corrected chi connectivity index (χ4v) is 3.02. The van der Waals surface area contributed by atoms with Crippen LogP contribution in [0.3, 0.4) is 0 Å². The van der Waals surface area contributed by atoms with Crippen LogP contribution >= 0.6 is 23.2 Å². The van der Waals surface area contributed by atoms with Gasteiger partial charge >= 0.3 is 0 Å². The summed E-state index contributed by atoms with van der Waals surface area (Å²) in [5.41, 5.74) is 0.395. The Kier molecular flexibility index (Phi) is 4.68. The van der Waals surface area contributed by atoms with Crippen molar-refractivity contribution >= 4 is 34.8 Å². The van der Waals surface area contributed by atoms with E-state index >= 15 is 0 Å². The number of hydrogen-bond donors (Lipinski definition) is 1. The molecule has 0 aliphatic carbocycles. The summed E-state index contributed by atoms with van der Waals surface area (Å²) in [6.45, 7) is 1.15. The van der Waals surface area contributed by atoms with E-state index in [1.807, 2.05) is 0 Å². The van der Waals surface area contributed by atoms with Crippen molar-refractivity contribution < 1.29 is 8.78 Å². The monoisotopic (exact) mass is 355 g/mol. The van der Waals surface area contributed by atoms with Crippen LogP contribution in [0.2, 0.25) is 10.0 Å². The molecule has 120 valence electrons. The zero-order valence-electron chi connectivity index (χ0n) is 12.0. The van der Waals surface area contributed by atoms with E-state index in [2.05, 4.69) is 10.3 Å². The lowest BCUT2D eigenvalue weighted by molar-refractivity contribution is 0.556. The predicted octanol–water partition coefficient (Wildman–Crippen LogP) is 4.24. The minimum Gasteiger partial charge on any atom is -0.354 e. The van der Waals surface area contributed by atoms with Crippen molar-refractivity contribution in [2.75, 3.05) is 18.0 Å². The Morgan fingerprint density at radius 2 is 1.65 bits per heavy atom. The van der Waals surface area contributed by atoms with Gasteiger partial charge in [0, 0.05) is 12.1 Å². The number of para-hydroxylation sites is 1. The molecule has 0 radical (unpaired) electrons. The summed E-state index contributed by atoms with van der Waals surface area (Å²) in [6.07, 6.45) is 0. The number of benzene rings is 2. The minimum absolute atomic E-state index is 0.0695. The molecule has 0 bridgehead atoms. The van der Waals surface area contributed by atoms with Gasteiger partial charge in [-0.2, -0.15) is 0 Å². The molecule has 3 nitrogen and oxygen atoms in total. The Bertz CT molecular complexity index is 724. The number of nitrogens with one attached hydrogen (secondary N) is 1. The smallest absolute Gasteiger partial charge is 0.199 e. The summed E-state index contributed by atoms with van der Waals surface area (Å²) < 4.78 is 28.0. The second kappa shape index (κ2) is 6.72. The Morgan fingerprint density at radius 1 is 1.04 bits per heavy atom. The van der Waals surface area contributed by atoms with Crippen LogP contribution in [0.1, 0.15) is 5.56 Å². The number of anilines is 1. The van der Waals surface area contributed by atoms with E-state index in [4.69, 9.17) is 23.2 Å². The maximum absolute atomic E-state index is 14.0. The topological polar surface area (TPSA) is 27.6 Å². The van der Waals surface area contributed by atoms with Gasteiger partial charge in [0.05, 0.1) is 28.8 Å². The van der Waals surface area contributed by atoms with Gasteiger partial charge in [-0.15, -0.1) is 0 Å². The molecule has 2 aromatic carbocycles. The second-order valence-electron chi connectivity index (χ2n) is 4.99. The molecule has 1 heterocycles. The van der Waals surface area contributed by atoms with E-state index in [-0.39, 0.29) is 12.1 Å². The molecule has 1 aliphatic rings. The molecular weight excluding hydrogens is 343 g/mol. The number of guanidine groups is 1. The molecule has 1 aliphatic heterocycles. The Morgan fingerprint density at radius 3 is 2.22 bits per heavy atom. The van der Waals surface area contributed by atoms with E-state index < -0.39 is 11.6 Å². The van der Waals surface area contributed by atoms with Crippen molar-refractivity contribution in [2.45, 2.75) is 6.54 Å². The van der Waals surface area contributed by atoms with Crippen molar-refractivity contribution in [3.63, 3.8) is 0 Å². The summed E-state index contributed by atoms with van der Waals surface area (Å²) >= 11 is 12.5. The predicted molar refractivity (Wildman–Crippen MR) is 89.3 cm³/mol. The summed E-state index contributed by atoms with van der Waals surface area (Å²) in [5, 5.41) is 3.84. The molecule has 0 unspecified atom stereocenters. The Balaban J connectivity index is 2.07. The number of halogens is 4. The standard InChI is InChI=1S/C16H13Cl2F2N3/c17-11-3-1-4-12(18)15(11)23(16-21-7-8-22-16)9-10-13(19)5-2-6-14(10)20/h1-6H,7-9H2,(H,21,22). The molecular formula is C16H13Cl2F2N3. The van der Waals surface area contributed by atoms with Crippen LogP contribution in [0.15, 0.2) is 41.4 Å². The number of rotatable bonds is 3. The molecule has 1 N–H and O–H groups in total. The molecule has 0 aromatic heterocycles. The number of hydrogen-bond acceptors (Lipinski definition) is 3. The highest BCUT2D eigenvalue weighted by atomic mass is 35.5. The first-order valence-electron chi connectivity index (χ1n) is 7.00. The van der Waals surface area contributed by atoms with Crippen molar-refractivity contribution in [3.05, 3.63) is 63.6 Å². The first kappa shape index (κ1) is 16.0. The van der Waals surface area contributed by atoms with Crippen LogP contribution in [0.5, 0.6) is 0 Å². The van der Waals surface area contributed by atoms with Crippen molar-refractivity contribution in [3.8, 4) is 0 Å². The van der Waals surface area contributed by atoms with E-state index in [9.17, 15) is 8.78 Å². The quantitative estimate of drug-likeness (QED) is 0.891. The lowest BCUT2D eigenvalue weighted by Gasteiger charge is -2.27. The summed E-state index contributed by atoms with van der Waals surface area (Å²) in [5.74, 6) is -0.767. The SMILES string of the molecule is Fc1cccc(F)c1CN(C1=NCCN1)c1c(Cl)cccc1Cl. The van der Waals surface area contributed by atoms with Gasteiger partial charge in [0.2, 0.25) is 0 Å². The zero-order chi connectivity index (χ0) is 16.4. The van der Waals surface area contributed by atoms with Crippen LogP contribution < -0.4 is 10.2 Å². The van der Waals surface area contributed by atoms with Crippen LogP contribution in [0.25, 0.3) is 0 Å². The van der Waals surface area contributed by atoms with Crippen LogP contribution in [-0.2, 0) is 6.54 Å². The van der Waals surface area contributed by atoms with E-state index in [1.165, 1.54) is 18.2 Å². The normalized spacial score (nSPS) is 13.7. The average Bonchev–Trinajstić information content (AvgIpc) is 3.03. The molecule has 0 fully saturated rings. The van der Waals surface area contributed by atoms with Crippen molar-refractivity contribution in [1.82, 2.24) is 5.32 Å². The summed E-state index contributed by atoms with van der Waals surface area (Å²) in [6, 6.07) is 8.81. The highest BCUT2D eigenvalue weighted by Crippen LogP contribution is 2.35. The number of nitrogens with zero attached hydrogens (tertiary/aromatic N) is 2. The third-order valence-electron chi connectivity index (χ3n) is 3.50. The van der Waals surface area contributed by atoms with Crippen molar-refractivity contribution in [2.24, 2.45) is 4.99 Å². The molecule has 0 spiro atoms. The minimum atomic E-state index is -0.628. The van der Waals surface area contributed by atoms with Gasteiger partial charge in [-0.1, -0.05) is 35.3 Å². The zero-order valence-corrected chi connectivity index (χ0v) is 13.5. The fourth-order valence-electron chi connectivity index (χ4n) is 2.41. The van der Waals surface area contributed by atoms with Crippen molar-refractivity contribution in [1.29, 1.82) is 0 Å². The second-order valence-corrected chi connectivity index (χ2v) is 5.80. The van der Waals surface area contributed by atoms with E-state index in [0.717, 1.165) is 0 Å². The Hall–Kier alpha value is -1.85. The largest absolute Gasteiger partial charge is 0.354 e. The molecule has 3 rings (SSSR count). The number of aliphatic imine (C=N–C) groups is 1. The highest BCUT2D eigenvalue weighted by Gasteiger charge is 2.24. The van der Waals surface area contributed by atoms with Gasteiger partial charge in [0.25, 0.3) is 0 Å². The van der Waals surface area contributed by atoms with Gasteiger partial charge in [0.15, 0.2) is 5.96 Å². The van der Waals surface area contributed by atoms with Gasteiger partial charge in [-0.25, -0.2) is 8.78 Å². The first-order valence-corrected chi connectivity index (χ1v) is 7.76. The fraction of sp³-hybridized carbons (Fsp3) is 0.188. The summed E-state index contributed by atoms with van der Waals surface area (Å²) in [7, 11) is 0. The molecule has 2 aromatic rings. The highest BCUT2D eigenvalue weighted by molar-refractivity contribution is 6.40. The third kappa shape index (κ3) is 3.26. The molecule has 0 amide bonds. The molecule has 0 saturated carbocycles. The van der Waals surface area contributed by atoms with Crippen LogP contribution in [0, 0.1) is 11.6 Å². The molecule has 23 heavy (non-hydrogen) atoms. The molecule has 7 heteroatoms. The Labute approximate surface area is 142 Å². The molecule has 0 saturated heterocycles. The van der Waals surface area contributed by atoms with Gasteiger partial charge in [-0.05, 0) is 24.3 Å². The third-order valence-corrected chi connectivity index (χ3v) is 4.11. The lowest BCUT2D eigenvalue weighted by atomic mass is 10.1. The van der Waals surface area contributed by atoms with Gasteiger partial charge < -0.3 is 10.2 Å². The maximum atomic E-state index is 14.0. The first-order chi connectivity index (χ1) is 11.1. The maximum Gasteiger partial charge on any atom is 0.199 e. The lowest BCUT2D eigenvalue weighted by Crippen LogP contribution is -2.39. The van der Waals surface area contributed by atoms with E-state index in [0.29, 0.717) is 34.8 Å².